The lowest BCUT2D eigenvalue weighted by molar-refractivity contribution is -0.137. The summed E-state index contributed by atoms with van der Waals surface area (Å²) in [6, 6.07) is 6.94. The fourth-order valence-electron chi connectivity index (χ4n) is 2.42. The van der Waals surface area contributed by atoms with Gasteiger partial charge >= 0.3 is 21.9 Å². The average molecular weight is 385 g/mol. The molecule has 0 saturated heterocycles. The summed E-state index contributed by atoms with van der Waals surface area (Å²) in [4.78, 5) is 16.3. The van der Waals surface area contributed by atoms with Crippen molar-refractivity contribution in [2.24, 2.45) is 0 Å². The van der Waals surface area contributed by atoms with E-state index in [9.17, 15) is 26.4 Å². The van der Waals surface area contributed by atoms with E-state index in [1.807, 2.05) is 0 Å². The molecule has 0 radical (unpaired) electrons. The molecule has 0 atom stereocenters. The molecule has 0 unspecified atom stereocenters. The largest absolute Gasteiger partial charge is 0.420 e. The van der Waals surface area contributed by atoms with Crippen LogP contribution in [0.15, 0.2) is 51.8 Å². The van der Waals surface area contributed by atoms with Gasteiger partial charge < -0.3 is 8.60 Å². The molecule has 0 N–H and O–H groups in total. The maximum absolute atomic E-state index is 13.3. The second-order valence-corrected chi connectivity index (χ2v) is 6.85. The highest BCUT2D eigenvalue weighted by molar-refractivity contribution is 7.86. The Labute approximate surface area is 145 Å². The maximum Gasteiger partial charge on any atom is 0.417 e. The molecule has 0 saturated carbocycles. The molecule has 2 heterocycles. The first-order valence-electron chi connectivity index (χ1n) is 7.06. The van der Waals surface area contributed by atoms with Crippen LogP contribution >= 0.6 is 0 Å². The van der Waals surface area contributed by atoms with Gasteiger partial charge in [-0.3, -0.25) is 0 Å². The number of aromatic nitrogens is 1. The fourth-order valence-corrected chi connectivity index (χ4v) is 2.88. The number of nitrogens with zero attached hydrogens (tertiary/aromatic N) is 1. The van der Waals surface area contributed by atoms with Gasteiger partial charge in [0.2, 0.25) is 0 Å². The number of pyridine rings is 1. The molecule has 136 valence electrons. The van der Waals surface area contributed by atoms with Crippen molar-refractivity contribution in [1.82, 2.24) is 4.98 Å². The highest BCUT2D eigenvalue weighted by Crippen LogP contribution is 2.41. The second kappa shape index (κ2) is 6.13. The van der Waals surface area contributed by atoms with Gasteiger partial charge in [-0.1, -0.05) is 18.2 Å². The Hall–Kier alpha value is -2.88. The van der Waals surface area contributed by atoms with Crippen LogP contribution in [0.25, 0.3) is 22.2 Å². The van der Waals surface area contributed by atoms with Crippen LogP contribution < -0.4 is 9.81 Å². The molecule has 0 aliphatic carbocycles. The normalized spacial score (nSPS) is 12.3. The highest BCUT2D eigenvalue weighted by atomic mass is 32.2. The molecule has 1 aromatic carbocycles. The molecule has 0 fully saturated rings. The molecule has 6 nitrogen and oxygen atoms in total. The zero-order valence-electron chi connectivity index (χ0n) is 13.1. The standard InChI is InChI=1S/C16H10F3NO5S/c1-26(22,23)25-14-12(9-5-2-3-6-10(9)16(17,18)19)15(21)24-11-7-4-8-20-13(11)14/h2-8H,1H3. The van der Waals surface area contributed by atoms with E-state index in [1.54, 1.807) is 0 Å². The molecule has 0 aliphatic rings. The smallest absolute Gasteiger partial charge is 0.417 e. The molecule has 10 heteroatoms. The van der Waals surface area contributed by atoms with Gasteiger partial charge in [-0.15, -0.1) is 0 Å². The van der Waals surface area contributed by atoms with Gasteiger partial charge in [0.25, 0.3) is 0 Å². The lowest BCUT2D eigenvalue weighted by atomic mass is 9.99. The lowest BCUT2D eigenvalue weighted by Crippen LogP contribution is -2.15. The van der Waals surface area contributed by atoms with Crippen LogP contribution in [0, 0.1) is 0 Å². The summed E-state index contributed by atoms with van der Waals surface area (Å²) in [6.45, 7) is 0. The van der Waals surface area contributed by atoms with E-state index < -0.39 is 44.4 Å². The molecule has 0 aliphatic heterocycles. The van der Waals surface area contributed by atoms with E-state index in [1.165, 1.54) is 24.4 Å². The first-order valence-corrected chi connectivity index (χ1v) is 8.87. The first kappa shape index (κ1) is 17.9. The molecule has 0 amide bonds. The van der Waals surface area contributed by atoms with Gasteiger partial charge in [-0.2, -0.15) is 21.6 Å². The minimum Gasteiger partial charge on any atom is -0.420 e. The minimum absolute atomic E-state index is 0.121. The van der Waals surface area contributed by atoms with Gasteiger partial charge in [0.1, 0.15) is 5.56 Å². The number of alkyl halides is 3. The summed E-state index contributed by atoms with van der Waals surface area (Å²) in [5.74, 6) is -0.615. The van der Waals surface area contributed by atoms with Crippen molar-refractivity contribution in [2.75, 3.05) is 6.26 Å². The Morgan fingerprint density at radius 3 is 2.46 bits per heavy atom. The van der Waals surface area contributed by atoms with E-state index in [2.05, 4.69) is 4.98 Å². The average Bonchev–Trinajstić information content (AvgIpc) is 2.53. The van der Waals surface area contributed by atoms with Gasteiger partial charge in [0, 0.05) is 11.8 Å². The summed E-state index contributed by atoms with van der Waals surface area (Å²) in [5, 5.41) is 0. The van der Waals surface area contributed by atoms with Crippen LogP contribution in [-0.4, -0.2) is 19.7 Å². The molecular formula is C16H10F3NO5S. The van der Waals surface area contributed by atoms with E-state index in [-0.39, 0.29) is 11.1 Å². The van der Waals surface area contributed by atoms with Crippen molar-refractivity contribution in [1.29, 1.82) is 0 Å². The minimum atomic E-state index is -4.79. The molecular weight excluding hydrogens is 375 g/mol. The second-order valence-electron chi connectivity index (χ2n) is 5.27. The molecule has 26 heavy (non-hydrogen) atoms. The Bertz CT molecular complexity index is 1150. The van der Waals surface area contributed by atoms with E-state index in [4.69, 9.17) is 8.60 Å². The number of benzene rings is 1. The third-order valence-electron chi connectivity index (χ3n) is 3.36. The van der Waals surface area contributed by atoms with Crippen LogP contribution in [0.2, 0.25) is 0 Å². The van der Waals surface area contributed by atoms with Crippen molar-refractivity contribution in [3.63, 3.8) is 0 Å². The Kier molecular flexibility index (Phi) is 4.23. The van der Waals surface area contributed by atoms with Crippen molar-refractivity contribution in [3.05, 3.63) is 58.6 Å². The zero-order valence-corrected chi connectivity index (χ0v) is 13.9. The van der Waals surface area contributed by atoms with Crippen molar-refractivity contribution in [3.8, 4) is 16.9 Å². The molecule has 3 aromatic rings. The number of halogens is 3. The van der Waals surface area contributed by atoms with Crippen LogP contribution in [0.4, 0.5) is 13.2 Å². The predicted octanol–water partition coefficient (Wildman–Crippen LogP) is 3.21. The van der Waals surface area contributed by atoms with Crippen molar-refractivity contribution < 1.29 is 30.2 Å². The summed E-state index contributed by atoms with van der Waals surface area (Å²) < 4.78 is 73.1. The maximum atomic E-state index is 13.3. The van der Waals surface area contributed by atoms with Crippen LogP contribution in [0.3, 0.4) is 0 Å². The number of fused-ring (bicyclic) bond motifs is 1. The van der Waals surface area contributed by atoms with Crippen molar-refractivity contribution in [2.45, 2.75) is 6.18 Å². The Balaban J connectivity index is 2.47. The van der Waals surface area contributed by atoms with Gasteiger partial charge in [-0.25, -0.2) is 9.78 Å². The monoisotopic (exact) mass is 385 g/mol. The molecule has 0 bridgehead atoms. The van der Waals surface area contributed by atoms with Crippen molar-refractivity contribution >= 4 is 21.2 Å². The van der Waals surface area contributed by atoms with E-state index in [0.29, 0.717) is 6.26 Å². The Morgan fingerprint density at radius 1 is 1.12 bits per heavy atom. The lowest BCUT2D eigenvalue weighted by Gasteiger charge is -2.15. The van der Waals surface area contributed by atoms with E-state index in [0.717, 1.165) is 18.2 Å². The zero-order chi connectivity index (χ0) is 19.1. The van der Waals surface area contributed by atoms with Gasteiger partial charge in [0.05, 0.1) is 11.8 Å². The van der Waals surface area contributed by atoms with Gasteiger partial charge in [0.15, 0.2) is 16.8 Å². The third-order valence-corrected chi connectivity index (χ3v) is 3.83. The van der Waals surface area contributed by atoms with Gasteiger partial charge in [-0.05, 0) is 18.2 Å². The number of rotatable bonds is 3. The summed E-state index contributed by atoms with van der Waals surface area (Å²) >= 11 is 0. The van der Waals surface area contributed by atoms with Crippen LogP contribution in [-0.2, 0) is 16.3 Å². The highest BCUT2D eigenvalue weighted by Gasteiger charge is 2.36. The summed E-state index contributed by atoms with van der Waals surface area (Å²) in [7, 11) is -4.17. The topological polar surface area (TPSA) is 86.5 Å². The number of hydrogen-bond donors (Lipinski definition) is 0. The third kappa shape index (κ3) is 3.40. The quantitative estimate of drug-likeness (QED) is 0.644. The summed E-state index contributed by atoms with van der Waals surface area (Å²) in [5.41, 5.74) is -3.87. The Morgan fingerprint density at radius 2 is 1.81 bits per heavy atom. The van der Waals surface area contributed by atoms with E-state index >= 15 is 0 Å². The molecule has 3 rings (SSSR count). The van der Waals surface area contributed by atoms with Crippen LogP contribution in [0.1, 0.15) is 5.56 Å². The van der Waals surface area contributed by atoms with Crippen LogP contribution in [0.5, 0.6) is 5.75 Å². The number of hydrogen-bond acceptors (Lipinski definition) is 6. The summed E-state index contributed by atoms with van der Waals surface area (Å²) in [6.07, 6.45) is -2.82. The predicted molar refractivity (Wildman–Crippen MR) is 86.2 cm³/mol. The first-order chi connectivity index (χ1) is 12.1. The molecule has 0 spiro atoms. The SMILES string of the molecule is CS(=O)(=O)Oc1c(-c2ccccc2C(F)(F)F)c(=O)oc2cccnc12. The fraction of sp³-hybridized carbons (Fsp3) is 0.125. The molecule has 2 aromatic heterocycles.